The van der Waals surface area contributed by atoms with Crippen molar-refractivity contribution < 1.29 is 9.72 Å². The quantitative estimate of drug-likeness (QED) is 0.655. The Kier molecular flexibility index (Phi) is 4.72. The summed E-state index contributed by atoms with van der Waals surface area (Å²) in [6, 6.07) is 1.40. The van der Waals surface area contributed by atoms with E-state index in [2.05, 4.69) is 22.5 Å². The molecule has 0 bridgehead atoms. The highest BCUT2D eigenvalue weighted by molar-refractivity contribution is 5.99. The van der Waals surface area contributed by atoms with Crippen LogP contribution in [0.4, 0.5) is 11.5 Å². The molecule has 7 heteroatoms. The van der Waals surface area contributed by atoms with E-state index < -0.39 is 4.92 Å². The van der Waals surface area contributed by atoms with Crippen LogP contribution in [0.25, 0.3) is 0 Å². The molecule has 0 saturated heterocycles. The van der Waals surface area contributed by atoms with E-state index in [1.54, 1.807) is 7.05 Å². The van der Waals surface area contributed by atoms with Crippen molar-refractivity contribution in [2.24, 2.45) is 5.92 Å². The van der Waals surface area contributed by atoms with Crippen molar-refractivity contribution in [2.45, 2.75) is 38.6 Å². The minimum absolute atomic E-state index is 0.137. The minimum Gasteiger partial charge on any atom is -0.372 e. The van der Waals surface area contributed by atoms with Crippen LogP contribution < -0.4 is 10.6 Å². The van der Waals surface area contributed by atoms with E-state index in [0.29, 0.717) is 11.7 Å². The summed E-state index contributed by atoms with van der Waals surface area (Å²) in [4.78, 5) is 26.5. The molecule has 2 rings (SSSR count). The average Bonchev–Trinajstić information content (AvgIpc) is 2.48. The number of hydrogen-bond donors (Lipinski definition) is 2. The van der Waals surface area contributed by atoms with E-state index in [-0.39, 0.29) is 23.2 Å². The molecule has 1 aromatic rings. The Morgan fingerprint density at radius 3 is 2.62 bits per heavy atom. The van der Waals surface area contributed by atoms with Crippen molar-refractivity contribution >= 4 is 17.4 Å². The third kappa shape index (κ3) is 3.68. The Balaban J connectivity index is 2.13. The molecule has 1 aliphatic carbocycles. The highest BCUT2D eigenvalue weighted by Crippen LogP contribution is 2.24. The van der Waals surface area contributed by atoms with Crippen LogP contribution in [-0.2, 0) is 0 Å². The van der Waals surface area contributed by atoms with E-state index >= 15 is 0 Å². The fourth-order valence-electron chi connectivity index (χ4n) is 2.59. The maximum absolute atomic E-state index is 12.3. The predicted molar refractivity (Wildman–Crippen MR) is 79.3 cm³/mol. The summed E-state index contributed by atoms with van der Waals surface area (Å²) in [5.74, 6) is 0.739. The van der Waals surface area contributed by atoms with Crippen LogP contribution in [0.3, 0.4) is 0 Å². The highest BCUT2D eigenvalue weighted by Gasteiger charge is 2.23. The number of pyridine rings is 1. The standard InChI is InChI=1S/C14H20N4O3/c1-9-3-5-10(6-4-9)17-14(19)12-7-11(18(20)21)8-16-13(12)15-2/h7-10H,3-6H2,1-2H3,(H,15,16)(H,17,19). The molecule has 0 aromatic carbocycles. The molecule has 0 atom stereocenters. The predicted octanol–water partition coefficient (Wildman–Crippen LogP) is 2.34. The summed E-state index contributed by atoms with van der Waals surface area (Å²) < 4.78 is 0. The zero-order valence-electron chi connectivity index (χ0n) is 12.3. The second kappa shape index (κ2) is 6.51. The van der Waals surface area contributed by atoms with Crippen molar-refractivity contribution in [1.82, 2.24) is 10.3 Å². The number of hydrogen-bond acceptors (Lipinski definition) is 5. The van der Waals surface area contributed by atoms with Gasteiger partial charge in [0.1, 0.15) is 12.0 Å². The summed E-state index contributed by atoms with van der Waals surface area (Å²) >= 11 is 0. The lowest BCUT2D eigenvalue weighted by molar-refractivity contribution is -0.385. The molecular weight excluding hydrogens is 272 g/mol. The van der Waals surface area contributed by atoms with Crippen molar-refractivity contribution in [1.29, 1.82) is 0 Å². The van der Waals surface area contributed by atoms with Gasteiger partial charge in [0.2, 0.25) is 0 Å². The zero-order valence-corrected chi connectivity index (χ0v) is 12.3. The lowest BCUT2D eigenvalue weighted by Gasteiger charge is -2.27. The maximum Gasteiger partial charge on any atom is 0.288 e. The minimum atomic E-state index is -0.550. The average molecular weight is 292 g/mol. The molecular formula is C14H20N4O3. The fraction of sp³-hybridized carbons (Fsp3) is 0.571. The number of nitrogens with zero attached hydrogens (tertiary/aromatic N) is 2. The number of nitro groups is 1. The van der Waals surface area contributed by atoms with Gasteiger partial charge in [-0.3, -0.25) is 14.9 Å². The Hall–Kier alpha value is -2.18. The van der Waals surface area contributed by atoms with Crippen molar-refractivity contribution in [2.75, 3.05) is 12.4 Å². The number of aromatic nitrogens is 1. The van der Waals surface area contributed by atoms with Crippen LogP contribution in [0, 0.1) is 16.0 Å². The van der Waals surface area contributed by atoms with Gasteiger partial charge in [0.25, 0.3) is 11.6 Å². The van der Waals surface area contributed by atoms with Gasteiger partial charge < -0.3 is 10.6 Å². The molecule has 1 fully saturated rings. The summed E-state index contributed by atoms with van der Waals surface area (Å²) in [6.45, 7) is 2.21. The molecule has 21 heavy (non-hydrogen) atoms. The van der Waals surface area contributed by atoms with Gasteiger partial charge in [-0.1, -0.05) is 6.92 Å². The molecule has 114 valence electrons. The van der Waals surface area contributed by atoms with Gasteiger partial charge in [-0.2, -0.15) is 0 Å². The van der Waals surface area contributed by atoms with Crippen LogP contribution in [0.2, 0.25) is 0 Å². The van der Waals surface area contributed by atoms with Crippen molar-refractivity contribution in [3.8, 4) is 0 Å². The first-order valence-corrected chi connectivity index (χ1v) is 7.14. The molecule has 1 aliphatic rings. The smallest absolute Gasteiger partial charge is 0.288 e. The third-order valence-electron chi connectivity index (χ3n) is 3.92. The molecule has 0 unspecified atom stereocenters. The van der Waals surface area contributed by atoms with E-state index in [1.165, 1.54) is 6.07 Å². The fourth-order valence-corrected chi connectivity index (χ4v) is 2.59. The van der Waals surface area contributed by atoms with Crippen molar-refractivity contribution in [3.63, 3.8) is 0 Å². The third-order valence-corrected chi connectivity index (χ3v) is 3.92. The summed E-state index contributed by atoms with van der Waals surface area (Å²) in [5, 5.41) is 16.6. The lowest BCUT2D eigenvalue weighted by atomic mass is 9.87. The van der Waals surface area contributed by atoms with Crippen LogP contribution >= 0.6 is 0 Å². The van der Waals surface area contributed by atoms with Crippen LogP contribution in [0.15, 0.2) is 12.3 Å². The molecule has 1 aromatic heterocycles. The highest BCUT2D eigenvalue weighted by atomic mass is 16.6. The molecule has 1 amide bonds. The second-order valence-corrected chi connectivity index (χ2v) is 5.53. The zero-order chi connectivity index (χ0) is 15.4. The summed E-state index contributed by atoms with van der Waals surface area (Å²) in [5.41, 5.74) is 0.0294. The maximum atomic E-state index is 12.3. The lowest BCUT2D eigenvalue weighted by Crippen LogP contribution is -2.37. The topological polar surface area (TPSA) is 97.2 Å². The number of anilines is 1. The molecule has 0 radical (unpaired) electrons. The van der Waals surface area contributed by atoms with Gasteiger partial charge in [0.05, 0.1) is 10.5 Å². The largest absolute Gasteiger partial charge is 0.372 e. The van der Waals surface area contributed by atoms with Gasteiger partial charge >= 0.3 is 0 Å². The number of amides is 1. The van der Waals surface area contributed by atoms with Gasteiger partial charge in [-0.25, -0.2) is 4.98 Å². The van der Waals surface area contributed by atoms with Gasteiger partial charge in [0, 0.05) is 19.2 Å². The Morgan fingerprint density at radius 1 is 1.38 bits per heavy atom. The number of nitrogens with one attached hydrogen (secondary N) is 2. The SMILES string of the molecule is CNc1ncc([N+](=O)[O-])cc1C(=O)NC1CCC(C)CC1. The Labute approximate surface area is 123 Å². The van der Waals surface area contributed by atoms with E-state index in [1.807, 2.05) is 0 Å². The number of rotatable bonds is 4. The monoisotopic (exact) mass is 292 g/mol. The molecule has 2 N–H and O–H groups in total. The summed E-state index contributed by atoms with van der Waals surface area (Å²) in [7, 11) is 1.63. The number of carbonyl (C=O) groups is 1. The second-order valence-electron chi connectivity index (χ2n) is 5.53. The first-order chi connectivity index (χ1) is 10.0. The van der Waals surface area contributed by atoms with Crippen LogP contribution in [0.1, 0.15) is 43.0 Å². The normalized spacial score (nSPS) is 21.6. The van der Waals surface area contributed by atoms with Gasteiger partial charge in [-0.15, -0.1) is 0 Å². The van der Waals surface area contributed by atoms with E-state index in [9.17, 15) is 14.9 Å². The van der Waals surface area contributed by atoms with Crippen LogP contribution in [-0.4, -0.2) is 28.9 Å². The first kappa shape index (κ1) is 15.2. The summed E-state index contributed by atoms with van der Waals surface area (Å²) in [6.07, 6.45) is 5.23. The molecule has 1 heterocycles. The molecule has 7 nitrogen and oxygen atoms in total. The van der Waals surface area contributed by atoms with Gasteiger partial charge in [-0.05, 0) is 31.6 Å². The molecule has 0 spiro atoms. The van der Waals surface area contributed by atoms with Gasteiger partial charge in [0.15, 0.2) is 0 Å². The van der Waals surface area contributed by atoms with E-state index in [0.717, 1.165) is 31.9 Å². The van der Waals surface area contributed by atoms with Crippen molar-refractivity contribution in [3.05, 3.63) is 27.9 Å². The molecule has 1 saturated carbocycles. The Morgan fingerprint density at radius 2 is 2.05 bits per heavy atom. The Bertz CT molecular complexity index is 539. The van der Waals surface area contributed by atoms with Crippen LogP contribution in [0.5, 0.6) is 0 Å². The van der Waals surface area contributed by atoms with E-state index in [4.69, 9.17) is 0 Å². The molecule has 0 aliphatic heterocycles. The first-order valence-electron chi connectivity index (χ1n) is 7.14. The number of carbonyl (C=O) groups excluding carboxylic acids is 1.